The van der Waals surface area contributed by atoms with Gasteiger partial charge in [0.15, 0.2) is 0 Å². The number of carbonyl (C=O) groups is 3. The number of piperidine rings is 1. The summed E-state index contributed by atoms with van der Waals surface area (Å²) in [7, 11) is 0. The molecule has 3 rings (SSSR count). The Labute approximate surface area is 155 Å². The highest BCUT2D eigenvalue weighted by molar-refractivity contribution is 6.31. The van der Waals surface area contributed by atoms with Gasteiger partial charge in [-0.05, 0) is 37.8 Å². The molecule has 2 atom stereocenters. The molecule has 9 heteroatoms. The molecule has 0 spiro atoms. The van der Waals surface area contributed by atoms with Gasteiger partial charge in [0.2, 0.25) is 0 Å². The Morgan fingerprint density at radius 3 is 2.44 bits per heavy atom. The zero-order valence-corrected chi connectivity index (χ0v) is 15.0. The first-order valence-electron chi connectivity index (χ1n) is 8.69. The first kappa shape index (κ1) is 18.6. The van der Waals surface area contributed by atoms with Gasteiger partial charge < -0.3 is 4.90 Å². The summed E-state index contributed by atoms with van der Waals surface area (Å²) in [4.78, 5) is 48.0. The number of rotatable bonds is 3. The number of nitro groups is 1. The lowest BCUT2D eigenvalue weighted by molar-refractivity contribution is -0.384. The largest absolute Gasteiger partial charge is 0.368 e. The van der Waals surface area contributed by atoms with Crippen molar-refractivity contribution in [3.63, 3.8) is 0 Å². The molecule has 2 aliphatic heterocycles. The Morgan fingerprint density at radius 1 is 1.19 bits per heavy atom. The molecular formula is C18H20N4O5. The number of carbonyl (C=O) groups excluding carboxylic acids is 3. The van der Waals surface area contributed by atoms with Crippen molar-refractivity contribution in [3.05, 3.63) is 39.4 Å². The molecule has 27 heavy (non-hydrogen) atoms. The van der Waals surface area contributed by atoms with Gasteiger partial charge in [-0.15, -0.1) is 0 Å². The maximum atomic E-state index is 12.0. The molecule has 2 saturated heterocycles. The third-order valence-electron chi connectivity index (χ3n) is 4.91. The molecule has 1 aromatic carbocycles. The van der Waals surface area contributed by atoms with Gasteiger partial charge in [0.05, 0.1) is 4.92 Å². The smallest absolute Gasteiger partial charge is 0.328 e. The molecule has 0 saturated carbocycles. The molecule has 142 valence electrons. The number of hydrogen-bond donors (Lipinski definition) is 2. The topological polar surface area (TPSA) is 122 Å². The molecular weight excluding hydrogens is 352 g/mol. The molecule has 0 unspecified atom stereocenters. The van der Waals surface area contributed by atoms with Crippen LogP contribution >= 0.6 is 0 Å². The van der Waals surface area contributed by atoms with Crippen molar-refractivity contribution in [2.24, 2.45) is 5.92 Å². The van der Waals surface area contributed by atoms with Crippen LogP contribution < -0.4 is 15.5 Å². The maximum Gasteiger partial charge on any atom is 0.328 e. The van der Waals surface area contributed by atoms with Crippen LogP contribution in [-0.2, 0) is 9.59 Å². The van der Waals surface area contributed by atoms with E-state index in [1.54, 1.807) is 6.07 Å². The number of non-ortho nitro benzene ring substituents is 1. The Bertz CT molecular complexity index is 841. The van der Waals surface area contributed by atoms with E-state index < -0.39 is 22.8 Å². The number of benzene rings is 1. The van der Waals surface area contributed by atoms with Gasteiger partial charge in [0, 0.05) is 36.0 Å². The highest BCUT2D eigenvalue weighted by Crippen LogP contribution is 2.33. The minimum absolute atomic E-state index is 0.142. The second kappa shape index (κ2) is 7.18. The van der Waals surface area contributed by atoms with Crippen molar-refractivity contribution >= 4 is 35.3 Å². The number of imide groups is 2. The van der Waals surface area contributed by atoms with Crippen LogP contribution in [0.5, 0.6) is 0 Å². The number of anilines is 1. The zero-order chi connectivity index (χ0) is 19.7. The second-order valence-electron chi connectivity index (χ2n) is 6.97. The molecule has 2 heterocycles. The Hall–Kier alpha value is -3.23. The van der Waals surface area contributed by atoms with Gasteiger partial charge in [-0.3, -0.25) is 30.3 Å². The van der Waals surface area contributed by atoms with E-state index in [0.29, 0.717) is 17.2 Å². The lowest BCUT2D eigenvalue weighted by Crippen LogP contribution is -2.51. The van der Waals surface area contributed by atoms with Gasteiger partial charge in [-0.2, -0.15) is 0 Å². The van der Waals surface area contributed by atoms with Crippen molar-refractivity contribution < 1.29 is 19.3 Å². The summed E-state index contributed by atoms with van der Waals surface area (Å²) >= 11 is 0. The number of urea groups is 1. The fourth-order valence-electron chi connectivity index (χ4n) is 3.56. The monoisotopic (exact) mass is 372 g/mol. The first-order chi connectivity index (χ1) is 12.8. The molecule has 4 amide bonds. The molecule has 2 fully saturated rings. The van der Waals surface area contributed by atoms with Crippen LogP contribution in [0.3, 0.4) is 0 Å². The van der Waals surface area contributed by atoms with Crippen LogP contribution in [0.25, 0.3) is 6.08 Å². The van der Waals surface area contributed by atoms with Crippen LogP contribution in [0.2, 0.25) is 0 Å². The second-order valence-corrected chi connectivity index (χ2v) is 6.97. The van der Waals surface area contributed by atoms with Crippen LogP contribution in [0, 0.1) is 16.0 Å². The third-order valence-corrected chi connectivity index (χ3v) is 4.91. The van der Waals surface area contributed by atoms with Crippen LogP contribution in [0.15, 0.2) is 23.8 Å². The highest BCUT2D eigenvalue weighted by Gasteiger charge is 2.30. The van der Waals surface area contributed by atoms with Gasteiger partial charge in [0.1, 0.15) is 5.57 Å². The van der Waals surface area contributed by atoms with Gasteiger partial charge in [-0.1, -0.05) is 6.92 Å². The van der Waals surface area contributed by atoms with Crippen molar-refractivity contribution in [1.29, 1.82) is 0 Å². The first-order valence-corrected chi connectivity index (χ1v) is 8.69. The number of nitrogens with one attached hydrogen (secondary N) is 2. The van der Waals surface area contributed by atoms with E-state index in [9.17, 15) is 24.5 Å². The molecule has 1 aromatic rings. The lowest BCUT2D eigenvalue weighted by atomic mass is 9.92. The standard InChI is InChI=1S/C18H20N4O5/c1-10-5-6-21(11(2)7-10)15-4-3-13(22(26)27)8-12(15)9-14-16(23)19-18(25)20-17(14)24/h3-4,8-11H,5-7H2,1-2H3,(H2,19,20,23,24,25)/t10-,11-/m1/s1. The summed E-state index contributed by atoms with van der Waals surface area (Å²) in [6.45, 7) is 5.03. The highest BCUT2D eigenvalue weighted by atomic mass is 16.6. The van der Waals surface area contributed by atoms with Gasteiger partial charge in [0.25, 0.3) is 17.5 Å². The molecule has 0 bridgehead atoms. The molecule has 0 radical (unpaired) electrons. The maximum absolute atomic E-state index is 12.0. The summed E-state index contributed by atoms with van der Waals surface area (Å²) in [6.07, 6.45) is 3.25. The normalized spacial score (nSPS) is 23.0. The predicted octanol–water partition coefficient (Wildman–Crippen LogP) is 1.97. The van der Waals surface area contributed by atoms with Crippen molar-refractivity contribution in [2.45, 2.75) is 32.7 Å². The summed E-state index contributed by atoms with van der Waals surface area (Å²) < 4.78 is 0. The number of nitrogens with zero attached hydrogens (tertiary/aromatic N) is 2. The number of hydrogen-bond acceptors (Lipinski definition) is 6. The summed E-state index contributed by atoms with van der Waals surface area (Å²) in [6, 6.07) is 3.71. The predicted molar refractivity (Wildman–Crippen MR) is 98.0 cm³/mol. The SMILES string of the molecule is C[C@@H]1CCN(c2ccc([N+](=O)[O-])cc2C=C2C(=O)NC(=O)NC2=O)[C@H](C)C1. The quantitative estimate of drug-likeness (QED) is 0.362. The fraction of sp³-hybridized carbons (Fsp3) is 0.389. The number of barbiturate groups is 1. The van der Waals surface area contributed by atoms with E-state index in [1.165, 1.54) is 18.2 Å². The number of nitro benzene ring substituents is 1. The summed E-state index contributed by atoms with van der Waals surface area (Å²) in [5, 5.41) is 15.2. The van der Waals surface area contributed by atoms with Gasteiger partial charge >= 0.3 is 6.03 Å². The van der Waals surface area contributed by atoms with E-state index in [0.717, 1.165) is 19.4 Å². The number of amides is 4. The summed E-state index contributed by atoms with van der Waals surface area (Å²) in [5.41, 5.74) is 0.691. The van der Waals surface area contributed by atoms with Crippen LogP contribution in [0.4, 0.5) is 16.2 Å². The van der Waals surface area contributed by atoms with Gasteiger partial charge in [-0.25, -0.2) is 4.79 Å². The third kappa shape index (κ3) is 3.81. The minimum atomic E-state index is -0.889. The molecule has 9 nitrogen and oxygen atoms in total. The van der Waals surface area contributed by atoms with Crippen LogP contribution in [0.1, 0.15) is 32.3 Å². The average molecular weight is 372 g/mol. The Balaban J connectivity index is 2.06. The Kier molecular flexibility index (Phi) is 4.93. The lowest BCUT2D eigenvalue weighted by Gasteiger charge is -2.39. The Morgan fingerprint density at radius 2 is 1.85 bits per heavy atom. The van der Waals surface area contributed by atoms with Crippen molar-refractivity contribution in [2.75, 3.05) is 11.4 Å². The molecule has 0 aromatic heterocycles. The minimum Gasteiger partial charge on any atom is -0.368 e. The molecule has 0 aliphatic carbocycles. The van der Waals surface area contributed by atoms with E-state index in [4.69, 9.17) is 0 Å². The zero-order valence-electron chi connectivity index (χ0n) is 15.0. The fourth-order valence-corrected chi connectivity index (χ4v) is 3.56. The van der Waals surface area contributed by atoms with E-state index in [2.05, 4.69) is 18.7 Å². The molecule has 2 N–H and O–H groups in total. The van der Waals surface area contributed by atoms with Crippen LogP contribution in [-0.4, -0.2) is 35.4 Å². The summed E-state index contributed by atoms with van der Waals surface area (Å²) in [5.74, 6) is -1.08. The van der Waals surface area contributed by atoms with E-state index in [1.807, 2.05) is 10.6 Å². The molecule has 2 aliphatic rings. The van der Waals surface area contributed by atoms with Crippen molar-refractivity contribution in [1.82, 2.24) is 10.6 Å². The van der Waals surface area contributed by atoms with E-state index >= 15 is 0 Å². The van der Waals surface area contributed by atoms with E-state index in [-0.39, 0.29) is 17.3 Å². The average Bonchev–Trinajstić information content (AvgIpc) is 2.58. The van der Waals surface area contributed by atoms with Crippen molar-refractivity contribution in [3.8, 4) is 0 Å².